The number of aliphatic hydroxyl groups excluding tert-OH is 1. The smallest absolute Gasteiger partial charge is 0.0630 e. The fraction of sp³-hybridized carbons (Fsp3) is 0.467. The monoisotopic (exact) mass is 244 g/mol. The molecule has 3 heteroatoms. The van der Waals surface area contributed by atoms with E-state index >= 15 is 0 Å². The minimum atomic E-state index is -0.0906. The SMILES string of the molecule is Cc1[nH]c2ccccc2c1NC1CCC(O)CC1. The van der Waals surface area contributed by atoms with E-state index in [9.17, 15) is 5.11 Å². The molecule has 0 aliphatic heterocycles. The Labute approximate surface area is 107 Å². The molecule has 3 nitrogen and oxygen atoms in total. The van der Waals surface area contributed by atoms with Crippen LogP contribution in [0.3, 0.4) is 0 Å². The number of rotatable bonds is 2. The zero-order valence-electron chi connectivity index (χ0n) is 10.7. The minimum Gasteiger partial charge on any atom is -0.393 e. The zero-order chi connectivity index (χ0) is 12.5. The molecular formula is C15H20N2O. The molecule has 0 saturated heterocycles. The Morgan fingerprint density at radius 2 is 1.89 bits per heavy atom. The highest BCUT2D eigenvalue weighted by molar-refractivity contribution is 5.94. The number of aliphatic hydroxyl groups is 1. The third kappa shape index (κ3) is 2.10. The maximum atomic E-state index is 9.55. The topological polar surface area (TPSA) is 48.0 Å². The summed E-state index contributed by atoms with van der Waals surface area (Å²) in [6.07, 6.45) is 3.85. The molecule has 0 spiro atoms. The first-order valence-electron chi connectivity index (χ1n) is 6.76. The Hall–Kier alpha value is -1.48. The van der Waals surface area contributed by atoms with E-state index in [1.165, 1.54) is 22.3 Å². The highest BCUT2D eigenvalue weighted by Gasteiger charge is 2.20. The predicted octanol–water partition coefficient (Wildman–Crippen LogP) is 3.19. The fourth-order valence-corrected chi connectivity index (χ4v) is 2.89. The Balaban J connectivity index is 1.84. The lowest BCUT2D eigenvalue weighted by molar-refractivity contribution is 0.126. The summed E-state index contributed by atoms with van der Waals surface area (Å²) < 4.78 is 0. The lowest BCUT2D eigenvalue weighted by Crippen LogP contribution is -2.28. The Morgan fingerprint density at radius 3 is 2.67 bits per heavy atom. The van der Waals surface area contributed by atoms with Crippen LogP contribution in [0.4, 0.5) is 5.69 Å². The lowest BCUT2D eigenvalue weighted by Gasteiger charge is -2.27. The number of nitrogens with one attached hydrogen (secondary N) is 2. The van der Waals surface area contributed by atoms with Crippen molar-refractivity contribution in [3.63, 3.8) is 0 Å². The molecule has 1 aromatic carbocycles. The van der Waals surface area contributed by atoms with Crippen molar-refractivity contribution in [1.29, 1.82) is 0 Å². The standard InChI is InChI=1S/C15H20N2O/c1-10-15(13-4-2-3-5-14(13)16-10)17-11-6-8-12(18)9-7-11/h2-5,11-12,16-18H,6-9H2,1H3. The summed E-state index contributed by atoms with van der Waals surface area (Å²) in [4.78, 5) is 3.41. The number of para-hydroxylation sites is 1. The van der Waals surface area contributed by atoms with Gasteiger partial charge in [0.2, 0.25) is 0 Å². The van der Waals surface area contributed by atoms with Crippen LogP contribution in [0.5, 0.6) is 0 Å². The summed E-state index contributed by atoms with van der Waals surface area (Å²) in [5, 5.41) is 14.5. The lowest BCUT2D eigenvalue weighted by atomic mass is 9.93. The van der Waals surface area contributed by atoms with Gasteiger partial charge in [0.1, 0.15) is 0 Å². The summed E-state index contributed by atoms with van der Waals surface area (Å²) >= 11 is 0. The first kappa shape index (κ1) is 11.6. The second-order valence-corrected chi connectivity index (χ2v) is 5.32. The molecule has 0 amide bonds. The van der Waals surface area contributed by atoms with Gasteiger partial charge in [-0.1, -0.05) is 18.2 Å². The molecule has 2 aromatic rings. The molecule has 0 radical (unpaired) electrons. The maximum Gasteiger partial charge on any atom is 0.0630 e. The number of H-pyrrole nitrogens is 1. The van der Waals surface area contributed by atoms with Crippen molar-refractivity contribution in [2.45, 2.75) is 44.8 Å². The van der Waals surface area contributed by atoms with E-state index in [0.717, 1.165) is 25.7 Å². The molecule has 0 atom stereocenters. The first-order valence-corrected chi connectivity index (χ1v) is 6.76. The van der Waals surface area contributed by atoms with Gasteiger partial charge in [-0.05, 0) is 38.7 Å². The van der Waals surface area contributed by atoms with Gasteiger partial charge in [-0.15, -0.1) is 0 Å². The van der Waals surface area contributed by atoms with Crippen molar-refractivity contribution in [3.8, 4) is 0 Å². The van der Waals surface area contributed by atoms with E-state index in [1.807, 2.05) is 0 Å². The third-order valence-corrected chi connectivity index (χ3v) is 3.94. The van der Waals surface area contributed by atoms with Gasteiger partial charge in [-0.3, -0.25) is 0 Å². The molecule has 3 rings (SSSR count). The van der Waals surface area contributed by atoms with Crippen LogP contribution in [0, 0.1) is 6.92 Å². The molecule has 1 saturated carbocycles. The van der Waals surface area contributed by atoms with Crippen LogP contribution in [-0.4, -0.2) is 22.2 Å². The fourth-order valence-electron chi connectivity index (χ4n) is 2.89. The molecule has 1 aliphatic rings. The summed E-state index contributed by atoms with van der Waals surface area (Å²) in [5.41, 5.74) is 3.61. The molecule has 1 aliphatic carbocycles. The number of aromatic amines is 1. The van der Waals surface area contributed by atoms with E-state index < -0.39 is 0 Å². The van der Waals surface area contributed by atoms with Crippen LogP contribution in [0.2, 0.25) is 0 Å². The largest absolute Gasteiger partial charge is 0.393 e. The average Bonchev–Trinajstić information content (AvgIpc) is 2.69. The van der Waals surface area contributed by atoms with E-state index in [4.69, 9.17) is 0 Å². The van der Waals surface area contributed by atoms with Crippen LogP contribution in [0.25, 0.3) is 10.9 Å². The predicted molar refractivity (Wildman–Crippen MR) is 74.9 cm³/mol. The summed E-state index contributed by atoms with van der Waals surface area (Å²) in [6.45, 7) is 2.11. The molecule has 1 aromatic heterocycles. The summed E-state index contributed by atoms with van der Waals surface area (Å²) in [7, 11) is 0. The van der Waals surface area contributed by atoms with Crippen LogP contribution in [-0.2, 0) is 0 Å². The molecular weight excluding hydrogens is 224 g/mol. The third-order valence-electron chi connectivity index (χ3n) is 3.94. The number of benzene rings is 1. The van der Waals surface area contributed by atoms with Crippen LogP contribution >= 0.6 is 0 Å². The number of aromatic nitrogens is 1. The molecule has 96 valence electrons. The number of aryl methyl sites for hydroxylation is 1. The second kappa shape index (κ2) is 4.65. The normalized spacial score (nSPS) is 24.3. The summed E-state index contributed by atoms with van der Waals surface area (Å²) in [5.74, 6) is 0. The first-order chi connectivity index (χ1) is 8.74. The number of fused-ring (bicyclic) bond motifs is 1. The van der Waals surface area contributed by atoms with Gasteiger partial charge in [0, 0.05) is 22.6 Å². The van der Waals surface area contributed by atoms with E-state index in [1.54, 1.807) is 0 Å². The number of hydrogen-bond donors (Lipinski definition) is 3. The Bertz CT molecular complexity index is 538. The van der Waals surface area contributed by atoms with Crippen LogP contribution in [0.15, 0.2) is 24.3 Å². The van der Waals surface area contributed by atoms with E-state index in [-0.39, 0.29) is 6.10 Å². The van der Waals surface area contributed by atoms with Crippen molar-refractivity contribution >= 4 is 16.6 Å². The quantitative estimate of drug-likeness (QED) is 0.759. The molecule has 1 fully saturated rings. The van der Waals surface area contributed by atoms with E-state index in [0.29, 0.717) is 6.04 Å². The second-order valence-electron chi connectivity index (χ2n) is 5.32. The van der Waals surface area contributed by atoms with Crippen molar-refractivity contribution in [1.82, 2.24) is 4.98 Å². The van der Waals surface area contributed by atoms with Gasteiger partial charge in [-0.25, -0.2) is 0 Å². The minimum absolute atomic E-state index is 0.0906. The highest BCUT2D eigenvalue weighted by atomic mass is 16.3. The number of hydrogen-bond acceptors (Lipinski definition) is 2. The van der Waals surface area contributed by atoms with Gasteiger partial charge in [0.15, 0.2) is 0 Å². The molecule has 1 heterocycles. The Morgan fingerprint density at radius 1 is 1.17 bits per heavy atom. The van der Waals surface area contributed by atoms with Gasteiger partial charge in [0.05, 0.1) is 11.8 Å². The van der Waals surface area contributed by atoms with Crippen molar-refractivity contribution in [3.05, 3.63) is 30.0 Å². The molecule has 3 N–H and O–H groups in total. The van der Waals surface area contributed by atoms with Crippen LogP contribution < -0.4 is 5.32 Å². The van der Waals surface area contributed by atoms with Gasteiger partial charge >= 0.3 is 0 Å². The summed E-state index contributed by atoms with van der Waals surface area (Å²) in [6, 6.07) is 8.88. The average molecular weight is 244 g/mol. The van der Waals surface area contributed by atoms with Gasteiger partial charge < -0.3 is 15.4 Å². The maximum absolute atomic E-state index is 9.55. The van der Waals surface area contributed by atoms with Gasteiger partial charge in [0.25, 0.3) is 0 Å². The van der Waals surface area contributed by atoms with Crippen molar-refractivity contribution < 1.29 is 5.11 Å². The molecule has 18 heavy (non-hydrogen) atoms. The van der Waals surface area contributed by atoms with Crippen molar-refractivity contribution in [2.24, 2.45) is 0 Å². The number of anilines is 1. The van der Waals surface area contributed by atoms with Crippen LogP contribution in [0.1, 0.15) is 31.4 Å². The Kier molecular flexibility index (Phi) is 3.00. The molecule has 0 bridgehead atoms. The zero-order valence-corrected chi connectivity index (χ0v) is 10.7. The molecule has 0 unspecified atom stereocenters. The highest BCUT2D eigenvalue weighted by Crippen LogP contribution is 2.30. The van der Waals surface area contributed by atoms with E-state index in [2.05, 4.69) is 41.5 Å². The van der Waals surface area contributed by atoms with Crippen molar-refractivity contribution in [2.75, 3.05) is 5.32 Å². The van der Waals surface area contributed by atoms with Gasteiger partial charge in [-0.2, -0.15) is 0 Å².